The number of amides is 1. The van der Waals surface area contributed by atoms with Crippen molar-refractivity contribution in [3.63, 3.8) is 0 Å². The highest BCUT2D eigenvalue weighted by Gasteiger charge is 2.32. The zero-order valence-electron chi connectivity index (χ0n) is 14.9. The molecule has 1 aliphatic carbocycles. The molecule has 1 fully saturated rings. The highest BCUT2D eigenvalue weighted by molar-refractivity contribution is 7.89. The summed E-state index contributed by atoms with van der Waals surface area (Å²) < 4.78 is 27.6. The van der Waals surface area contributed by atoms with Gasteiger partial charge in [-0.2, -0.15) is 4.31 Å². The van der Waals surface area contributed by atoms with Gasteiger partial charge in [-0.1, -0.05) is 24.1 Å². The monoisotopic (exact) mass is 425 g/mol. The number of sulfonamides is 1. The van der Waals surface area contributed by atoms with Crippen molar-refractivity contribution in [2.45, 2.75) is 44.0 Å². The zero-order chi connectivity index (χ0) is 19.2. The number of anilines is 1. The number of nitrogens with one attached hydrogen (secondary N) is 1. The van der Waals surface area contributed by atoms with Crippen LogP contribution in [0.5, 0.6) is 0 Å². The van der Waals surface area contributed by atoms with E-state index in [1.54, 1.807) is 19.1 Å². The Bertz CT molecular complexity index is 999. The van der Waals surface area contributed by atoms with Gasteiger partial charge in [-0.05, 0) is 37.5 Å². The van der Waals surface area contributed by atoms with Crippen LogP contribution in [0.1, 0.15) is 35.4 Å². The van der Waals surface area contributed by atoms with Crippen LogP contribution in [0.3, 0.4) is 0 Å². The molecule has 144 valence electrons. The Labute approximate surface area is 167 Å². The van der Waals surface area contributed by atoms with Gasteiger partial charge in [-0.25, -0.2) is 13.4 Å². The average molecular weight is 426 g/mol. The van der Waals surface area contributed by atoms with E-state index in [2.05, 4.69) is 10.3 Å². The first-order valence-electron chi connectivity index (χ1n) is 8.90. The van der Waals surface area contributed by atoms with Gasteiger partial charge in [-0.15, -0.1) is 11.3 Å². The van der Waals surface area contributed by atoms with Gasteiger partial charge < -0.3 is 5.32 Å². The van der Waals surface area contributed by atoms with Crippen LogP contribution >= 0.6 is 22.9 Å². The summed E-state index contributed by atoms with van der Waals surface area (Å²) in [5, 5.41) is 3.85. The van der Waals surface area contributed by atoms with Gasteiger partial charge in [0.05, 0.1) is 17.1 Å². The lowest BCUT2D eigenvalue weighted by Crippen LogP contribution is -2.35. The minimum Gasteiger partial charge on any atom is -0.302 e. The zero-order valence-corrected chi connectivity index (χ0v) is 17.3. The number of halogens is 1. The molecule has 27 heavy (non-hydrogen) atoms. The number of hydrogen-bond acceptors (Lipinski definition) is 5. The SMILES string of the molecule is Cc1ccc(Cl)cc1S(=O)(=O)N1CCc2nc(NC(=O)C3CCC3)sc2C1. The molecule has 9 heteroatoms. The molecule has 0 bridgehead atoms. The Hall–Kier alpha value is -1.48. The number of thiazole rings is 1. The molecule has 1 saturated carbocycles. The van der Waals surface area contributed by atoms with E-state index in [4.69, 9.17) is 11.6 Å². The van der Waals surface area contributed by atoms with Crippen molar-refractivity contribution in [1.29, 1.82) is 0 Å². The molecule has 0 radical (unpaired) electrons. The third kappa shape index (κ3) is 3.63. The highest BCUT2D eigenvalue weighted by atomic mass is 35.5. The van der Waals surface area contributed by atoms with Crippen molar-refractivity contribution in [2.75, 3.05) is 11.9 Å². The van der Waals surface area contributed by atoms with Crippen molar-refractivity contribution in [3.8, 4) is 0 Å². The van der Waals surface area contributed by atoms with Crippen molar-refractivity contribution in [3.05, 3.63) is 39.4 Å². The first-order valence-corrected chi connectivity index (χ1v) is 11.5. The molecule has 2 aromatic rings. The molecule has 0 atom stereocenters. The van der Waals surface area contributed by atoms with Crippen molar-refractivity contribution in [1.82, 2.24) is 9.29 Å². The average Bonchev–Trinajstić information content (AvgIpc) is 2.96. The molecular weight excluding hydrogens is 406 g/mol. The number of aromatic nitrogens is 1. The van der Waals surface area contributed by atoms with Crippen molar-refractivity contribution < 1.29 is 13.2 Å². The van der Waals surface area contributed by atoms with Gasteiger partial charge in [0, 0.05) is 28.8 Å². The fraction of sp³-hybridized carbons (Fsp3) is 0.444. The fourth-order valence-electron chi connectivity index (χ4n) is 3.30. The Kier molecular flexibility index (Phi) is 5.00. The minimum atomic E-state index is -3.64. The predicted octanol–water partition coefficient (Wildman–Crippen LogP) is 3.59. The molecule has 1 aromatic carbocycles. The summed E-state index contributed by atoms with van der Waals surface area (Å²) in [4.78, 5) is 17.7. The van der Waals surface area contributed by atoms with E-state index in [0.717, 1.165) is 29.8 Å². The standard InChI is InChI=1S/C18H20ClN3O3S2/c1-11-5-6-13(19)9-16(11)27(24,25)22-8-7-14-15(10-22)26-18(20-14)21-17(23)12-3-2-4-12/h5-6,9,12H,2-4,7-8,10H2,1H3,(H,20,21,23). The molecule has 1 aliphatic heterocycles. The van der Waals surface area contributed by atoms with E-state index in [0.29, 0.717) is 28.7 Å². The van der Waals surface area contributed by atoms with Gasteiger partial charge in [0.25, 0.3) is 0 Å². The van der Waals surface area contributed by atoms with E-state index < -0.39 is 10.0 Å². The first kappa shape index (κ1) is 18.9. The van der Waals surface area contributed by atoms with Crippen LogP contribution in [0.15, 0.2) is 23.1 Å². The van der Waals surface area contributed by atoms with Gasteiger partial charge in [0.2, 0.25) is 15.9 Å². The number of hydrogen-bond donors (Lipinski definition) is 1. The second-order valence-corrected chi connectivity index (χ2v) is 10.4. The van der Waals surface area contributed by atoms with Gasteiger partial charge in [0.15, 0.2) is 5.13 Å². The largest absolute Gasteiger partial charge is 0.302 e. The molecule has 2 heterocycles. The Morgan fingerprint density at radius 3 is 2.85 bits per heavy atom. The summed E-state index contributed by atoms with van der Waals surface area (Å²) in [6.07, 6.45) is 3.50. The highest BCUT2D eigenvalue weighted by Crippen LogP contribution is 2.34. The Morgan fingerprint density at radius 1 is 1.37 bits per heavy atom. The lowest BCUT2D eigenvalue weighted by atomic mass is 9.85. The summed E-state index contributed by atoms with van der Waals surface area (Å²) in [6.45, 7) is 2.39. The number of aryl methyl sites for hydroxylation is 1. The van der Waals surface area contributed by atoms with Crippen molar-refractivity contribution >= 4 is 44.0 Å². The number of benzene rings is 1. The van der Waals surface area contributed by atoms with Gasteiger partial charge >= 0.3 is 0 Å². The summed E-state index contributed by atoms with van der Waals surface area (Å²) in [5.41, 5.74) is 1.54. The Balaban J connectivity index is 1.54. The maximum absolute atomic E-state index is 13.1. The Morgan fingerprint density at radius 2 is 2.15 bits per heavy atom. The van der Waals surface area contributed by atoms with Crippen LogP contribution in [0.2, 0.25) is 5.02 Å². The normalized spacial score (nSPS) is 18.0. The van der Waals surface area contributed by atoms with Gasteiger partial charge in [0.1, 0.15) is 0 Å². The van der Waals surface area contributed by atoms with Crippen LogP contribution in [-0.4, -0.2) is 30.2 Å². The lowest BCUT2D eigenvalue weighted by molar-refractivity contribution is -0.122. The summed E-state index contributed by atoms with van der Waals surface area (Å²) in [6, 6.07) is 4.90. The molecule has 2 aliphatic rings. The third-order valence-electron chi connectivity index (χ3n) is 5.17. The molecule has 1 N–H and O–H groups in total. The van der Waals surface area contributed by atoms with Crippen LogP contribution in [0, 0.1) is 12.8 Å². The quantitative estimate of drug-likeness (QED) is 0.811. The molecule has 0 saturated heterocycles. The summed E-state index contributed by atoms with van der Waals surface area (Å²) in [7, 11) is -3.64. The fourth-order valence-corrected chi connectivity index (χ4v) is 6.30. The summed E-state index contributed by atoms with van der Waals surface area (Å²) in [5.74, 6) is 0.111. The number of carbonyl (C=O) groups excluding carboxylic acids is 1. The molecule has 0 spiro atoms. The molecule has 1 aromatic heterocycles. The number of nitrogens with zero attached hydrogens (tertiary/aromatic N) is 2. The lowest BCUT2D eigenvalue weighted by Gasteiger charge is -2.26. The number of carbonyl (C=O) groups is 1. The molecule has 1 amide bonds. The summed E-state index contributed by atoms with van der Waals surface area (Å²) >= 11 is 7.37. The van der Waals surface area contributed by atoms with Crippen LogP contribution < -0.4 is 5.32 Å². The topological polar surface area (TPSA) is 79.4 Å². The third-order valence-corrected chi connectivity index (χ3v) is 8.39. The molecule has 6 nitrogen and oxygen atoms in total. The van der Waals surface area contributed by atoms with E-state index in [9.17, 15) is 13.2 Å². The van der Waals surface area contributed by atoms with Crippen LogP contribution in [0.25, 0.3) is 0 Å². The second-order valence-electron chi connectivity index (χ2n) is 7.00. The maximum Gasteiger partial charge on any atom is 0.243 e. The minimum absolute atomic E-state index is 0.0198. The van der Waals surface area contributed by atoms with Gasteiger partial charge in [-0.3, -0.25) is 4.79 Å². The number of fused-ring (bicyclic) bond motifs is 1. The van der Waals surface area contributed by atoms with Crippen LogP contribution in [-0.2, 0) is 27.8 Å². The molecule has 4 rings (SSSR count). The van der Waals surface area contributed by atoms with E-state index >= 15 is 0 Å². The van der Waals surface area contributed by atoms with Crippen molar-refractivity contribution in [2.24, 2.45) is 5.92 Å². The van der Waals surface area contributed by atoms with Crippen LogP contribution in [0.4, 0.5) is 5.13 Å². The van der Waals surface area contributed by atoms with E-state index in [1.165, 1.54) is 21.7 Å². The van der Waals surface area contributed by atoms with E-state index in [1.807, 2.05) is 0 Å². The smallest absolute Gasteiger partial charge is 0.243 e. The predicted molar refractivity (Wildman–Crippen MR) is 106 cm³/mol. The van der Waals surface area contributed by atoms with E-state index in [-0.39, 0.29) is 23.3 Å². The number of rotatable bonds is 4. The second kappa shape index (κ2) is 7.16. The molecular formula is C18H20ClN3O3S2. The first-order chi connectivity index (χ1) is 12.8. The maximum atomic E-state index is 13.1. The molecule has 0 unspecified atom stereocenters.